The number of ether oxygens (including phenoxy) is 1. The number of benzene rings is 4. The lowest BCUT2D eigenvalue weighted by Gasteiger charge is -2.13. The molecule has 0 aliphatic carbocycles. The highest BCUT2D eigenvalue weighted by atomic mass is 35.5. The first-order valence-corrected chi connectivity index (χ1v) is 10.5. The molecule has 0 aliphatic heterocycles. The van der Waals surface area contributed by atoms with Crippen LogP contribution in [0.2, 0.25) is 5.02 Å². The van der Waals surface area contributed by atoms with Crippen LogP contribution in [0.5, 0.6) is 5.75 Å². The zero-order valence-electron chi connectivity index (χ0n) is 17.4. The van der Waals surface area contributed by atoms with E-state index >= 15 is 0 Å². The Balaban J connectivity index is 1.72. The van der Waals surface area contributed by atoms with Crippen LogP contribution in [0.1, 0.15) is 11.1 Å². The average molecular weight is 457 g/mol. The minimum atomic E-state index is -0.715. The fourth-order valence-electron chi connectivity index (χ4n) is 3.37. The van der Waals surface area contributed by atoms with Crippen molar-refractivity contribution in [1.82, 2.24) is 0 Å². The lowest BCUT2D eigenvalue weighted by atomic mass is 10.0. The van der Waals surface area contributed by atoms with E-state index in [2.05, 4.69) is 5.32 Å². The first kappa shape index (κ1) is 22.1. The highest BCUT2D eigenvalue weighted by Gasteiger charge is 2.15. The Bertz CT molecular complexity index is 1410. The van der Waals surface area contributed by atoms with Gasteiger partial charge in [-0.25, -0.2) is 4.39 Å². The predicted molar refractivity (Wildman–Crippen MR) is 128 cm³/mol. The molecule has 1 N–H and O–H groups in total. The van der Waals surface area contributed by atoms with Gasteiger partial charge in [-0.3, -0.25) is 4.79 Å². The highest BCUT2D eigenvalue weighted by molar-refractivity contribution is 6.31. The first-order valence-electron chi connectivity index (χ1n) is 10.1. The second-order valence-electron chi connectivity index (χ2n) is 7.18. The zero-order chi connectivity index (χ0) is 23.2. The van der Waals surface area contributed by atoms with E-state index in [0.29, 0.717) is 16.3 Å². The molecular weight excluding hydrogens is 439 g/mol. The maximum atomic E-state index is 14.0. The summed E-state index contributed by atoms with van der Waals surface area (Å²) in [4.78, 5) is 12.7. The smallest absolute Gasteiger partial charge is 0.266 e. The van der Waals surface area contributed by atoms with Gasteiger partial charge in [-0.15, -0.1) is 0 Å². The molecule has 0 heterocycles. The topological polar surface area (TPSA) is 62.1 Å². The number of hydrogen-bond acceptors (Lipinski definition) is 3. The number of amides is 1. The number of hydrogen-bond donors (Lipinski definition) is 1. The molecule has 4 aromatic carbocycles. The molecule has 162 valence electrons. The molecule has 4 nitrogen and oxygen atoms in total. The molecule has 6 heteroatoms. The number of para-hydroxylation sites is 1. The maximum Gasteiger partial charge on any atom is 0.266 e. The molecule has 0 radical (unpaired) electrons. The molecular formula is C27H18ClFN2O2. The maximum absolute atomic E-state index is 14.0. The lowest BCUT2D eigenvalue weighted by Crippen LogP contribution is -2.14. The molecule has 0 saturated heterocycles. The van der Waals surface area contributed by atoms with Crippen LogP contribution >= 0.6 is 11.6 Å². The number of nitriles is 1. The van der Waals surface area contributed by atoms with Crippen LogP contribution in [-0.4, -0.2) is 5.91 Å². The van der Waals surface area contributed by atoms with Crippen LogP contribution in [0.15, 0.2) is 90.5 Å². The summed E-state index contributed by atoms with van der Waals surface area (Å²) in [6.07, 6.45) is 1.46. The predicted octanol–water partition coefficient (Wildman–Crippen LogP) is 6.76. The molecule has 0 unspecified atom stereocenters. The molecule has 1 amide bonds. The van der Waals surface area contributed by atoms with Crippen LogP contribution in [0.3, 0.4) is 0 Å². The number of nitrogens with one attached hydrogen (secondary N) is 1. The number of carbonyl (C=O) groups is 1. The average Bonchev–Trinajstić information content (AvgIpc) is 2.83. The van der Waals surface area contributed by atoms with Crippen molar-refractivity contribution in [2.24, 2.45) is 0 Å². The van der Waals surface area contributed by atoms with Crippen molar-refractivity contribution in [2.45, 2.75) is 6.61 Å². The molecule has 4 aromatic rings. The van der Waals surface area contributed by atoms with Crippen molar-refractivity contribution < 1.29 is 13.9 Å². The Morgan fingerprint density at radius 1 is 1.00 bits per heavy atom. The third-order valence-electron chi connectivity index (χ3n) is 5.05. The summed E-state index contributed by atoms with van der Waals surface area (Å²) in [5.74, 6) is -0.815. The Labute approximate surface area is 195 Å². The number of halogens is 2. The van der Waals surface area contributed by atoms with E-state index in [0.717, 1.165) is 16.3 Å². The lowest BCUT2D eigenvalue weighted by molar-refractivity contribution is -0.112. The number of nitrogens with zero attached hydrogens (tertiary/aromatic N) is 1. The highest BCUT2D eigenvalue weighted by Crippen LogP contribution is 2.31. The van der Waals surface area contributed by atoms with Crippen LogP contribution in [0, 0.1) is 17.1 Å². The van der Waals surface area contributed by atoms with Gasteiger partial charge in [-0.2, -0.15) is 5.26 Å². The number of fused-ring (bicyclic) bond motifs is 1. The van der Waals surface area contributed by atoms with Gasteiger partial charge in [-0.1, -0.05) is 72.3 Å². The summed E-state index contributed by atoms with van der Waals surface area (Å²) in [7, 11) is 0. The summed E-state index contributed by atoms with van der Waals surface area (Å²) in [5.41, 5.74) is 1.19. The Morgan fingerprint density at radius 3 is 2.52 bits per heavy atom. The van der Waals surface area contributed by atoms with Gasteiger partial charge in [0.25, 0.3) is 5.91 Å². The van der Waals surface area contributed by atoms with E-state index in [1.54, 1.807) is 18.2 Å². The molecule has 4 rings (SSSR count). The van der Waals surface area contributed by atoms with Crippen molar-refractivity contribution >= 4 is 40.0 Å². The molecule has 0 saturated carbocycles. The zero-order valence-corrected chi connectivity index (χ0v) is 18.1. The van der Waals surface area contributed by atoms with Crippen molar-refractivity contribution in [3.8, 4) is 11.8 Å². The number of rotatable bonds is 6. The second-order valence-corrected chi connectivity index (χ2v) is 7.59. The Morgan fingerprint density at radius 2 is 1.73 bits per heavy atom. The Kier molecular flexibility index (Phi) is 6.68. The minimum absolute atomic E-state index is 0.00300. The minimum Gasteiger partial charge on any atom is -0.488 e. The van der Waals surface area contributed by atoms with Crippen LogP contribution in [0.4, 0.5) is 10.1 Å². The SMILES string of the molecule is N#C/C(=C\c1c(OCc2ccccc2Cl)ccc2ccccc12)C(=O)Nc1ccccc1F. The van der Waals surface area contributed by atoms with E-state index in [1.807, 2.05) is 54.6 Å². The van der Waals surface area contributed by atoms with E-state index in [4.69, 9.17) is 16.3 Å². The van der Waals surface area contributed by atoms with Crippen molar-refractivity contribution in [2.75, 3.05) is 5.32 Å². The van der Waals surface area contributed by atoms with Crippen LogP contribution < -0.4 is 10.1 Å². The summed E-state index contributed by atoms with van der Waals surface area (Å²) >= 11 is 6.24. The summed E-state index contributed by atoms with van der Waals surface area (Å²) in [6, 6.07) is 26.3. The van der Waals surface area contributed by atoms with Gasteiger partial charge < -0.3 is 10.1 Å². The summed E-state index contributed by atoms with van der Waals surface area (Å²) < 4.78 is 20.0. The standard InChI is InChI=1S/C27H18ClFN2O2/c28-23-10-4-2-8-19(23)17-33-26-14-13-18-7-1-3-9-21(18)22(26)15-20(16-30)27(32)31-25-12-6-5-11-24(25)29/h1-15H,17H2,(H,31,32)/b20-15+. The molecule has 0 aliphatic rings. The fourth-order valence-corrected chi connectivity index (χ4v) is 3.56. The molecule has 0 aromatic heterocycles. The Hall–Kier alpha value is -4.14. The van der Waals surface area contributed by atoms with Gasteiger partial charge in [0.1, 0.15) is 29.8 Å². The third-order valence-corrected chi connectivity index (χ3v) is 5.42. The van der Waals surface area contributed by atoms with Gasteiger partial charge >= 0.3 is 0 Å². The molecule has 0 atom stereocenters. The van der Waals surface area contributed by atoms with Crippen molar-refractivity contribution in [3.63, 3.8) is 0 Å². The molecule has 0 fully saturated rings. The van der Waals surface area contributed by atoms with E-state index in [-0.39, 0.29) is 17.9 Å². The number of anilines is 1. The van der Waals surface area contributed by atoms with Gasteiger partial charge in [0.15, 0.2) is 0 Å². The number of carbonyl (C=O) groups excluding carboxylic acids is 1. The van der Waals surface area contributed by atoms with E-state index in [9.17, 15) is 14.4 Å². The normalized spacial score (nSPS) is 11.1. The van der Waals surface area contributed by atoms with Crippen LogP contribution in [-0.2, 0) is 11.4 Å². The van der Waals surface area contributed by atoms with Gasteiger partial charge in [-0.05, 0) is 41.1 Å². The molecule has 0 bridgehead atoms. The molecule has 33 heavy (non-hydrogen) atoms. The monoisotopic (exact) mass is 456 g/mol. The fraction of sp³-hybridized carbons (Fsp3) is 0.0370. The van der Waals surface area contributed by atoms with E-state index in [1.165, 1.54) is 24.3 Å². The van der Waals surface area contributed by atoms with Crippen molar-refractivity contribution in [1.29, 1.82) is 5.26 Å². The quantitative estimate of drug-likeness (QED) is 0.257. The van der Waals surface area contributed by atoms with Crippen LogP contribution in [0.25, 0.3) is 16.8 Å². The summed E-state index contributed by atoms with van der Waals surface area (Å²) in [6.45, 7) is 0.210. The first-order chi connectivity index (χ1) is 16.1. The van der Waals surface area contributed by atoms with Gasteiger partial charge in [0, 0.05) is 16.1 Å². The van der Waals surface area contributed by atoms with E-state index < -0.39 is 11.7 Å². The van der Waals surface area contributed by atoms with Gasteiger partial charge in [0.05, 0.1) is 5.69 Å². The summed E-state index contributed by atoms with van der Waals surface area (Å²) in [5, 5.41) is 14.4. The third kappa shape index (κ3) is 5.03. The largest absolute Gasteiger partial charge is 0.488 e. The van der Waals surface area contributed by atoms with Gasteiger partial charge in [0.2, 0.25) is 0 Å². The molecule has 0 spiro atoms. The van der Waals surface area contributed by atoms with Crippen molar-refractivity contribution in [3.05, 3.63) is 112 Å². The second kappa shape index (κ2) is 9.99.